The lowest BCUT2D eigenvalue weighted by Crippen LogP contribution is -2.36. The Kier molecular flexibility index (Phi) is 11.4. The zero-order chi connectivity index (χ0) is 32.0. The first-order chi connectivity index (χ1) is 21.0. The number of carbonyl (C=O) groups is 2. The molecular weight excluding hydrogens is 560 g/mol. The molecule has 0 aliphatic heterocycles. The number of methoxy groups -OCH3 is 2. The molecule has 0 unspecified atom stereocenters. The summed E-state index contributed by atoms with van der Waals surface area (Å²) in [6, 6.07) is 10.5. The minimum Gasteiger partial charge on any atom is -0.493 e. The van der Waals surface area contributed by atoms with E-state index in [9.17, 15) is 9.59 Å². The molecule has 44 heavy (non-hydrogen) atoms. The fourth-order valence-corrected chi connectivity index (χ4v) is 6.95. The van der Waals surface area contributed by atoms with Crippen molar-refractivity contribution in [3.05, 3.63) is 36.4 Å². The van der Waals surface area contributed by atoms with E-state index in [0.717, 1.165) is 38.5 Å². The van der Waals surface area contributed by atoms with Gasteiger partial charge in [-0.3, -0.25) is 0 Å². The maximum Gasteiger partial charge on any atom is 0.514 e. The summed E-state index contributed by atoms with van der Waals surface area (Å²) in [6.07, 6.45) is 3.80. The van der Waals surface area contributed by atoms with Crippen LogP contribution in [0.25, 0.3) is 11.1 Å². The summed E-state index contributed by atoms with van der Waals surface area (Å²) in [4.78, 5) is 26.6. The van der Waals surface area contributed by atoms with Crippen molar-refractivity contribution >= 4 is 12.3 Å². The van der Waals surface area contributed by atoms with Gasteiger partial charge in [-0.15, -0.1) is 0 Å². The molecule has 0 amide bonds. The van der Waals surface area contributed by atoms with Crippen molar-refractivity contribution in [2.45, 2.75) is 92.3 Å². The Morgan fingerprint density at radius 3 is 1.36 bits per heavy atom. The first-order valence-corrected chi connectivity index (χ1v) is 16.1. The monoisotopic (exact) mass is 610 g/mol. The van der Waals surface area contributed by atoms with Crippen molar-refractivity contribution in [1.29, 1.82) is 0 Å². The van der Waals surface area contributed by atoms with Gasteiger partial charge in [-0.05, 0) is 73.3 Å². The molecule has 4 rings (SSSR count). The fraction of sp³-hybridized carbons (Fsp3) is 0.611. The standard InChI is InChI=1S/C36H50O8/c1-21(2)25-17-15-23(5)19-31(25)41-35(37)43-33-27(11-9-13-29(33)39-7)28-12-10-14-30(40-8)34(28)44-36(38)42-32-20-24(6)16-18-26(32)22(3)4/h9-14,21-26,31-32H,15-20H2,1-8H3/t23-,24-,25+,26+,31-,32-/m1/s1. The molecule has 0 radical (unpaired) electrons. The van der Waals surface area contributed by atoms with Crippen LogP contribution >= 0.6 is 0 Å². The average molecular weight is 611 g/mol. The predicted octanol–water partition coefficient (Wildman–Crippen LogP) is 9.32. The van der Waals surface area contributed by atoms with Crippen molar-refractivity contribution in [3.63, 3.8) is 0 Å². The summed E-state index contributed by atoms with van der Waals surface area (Å²) in [5, 5.41) is 0. The van der Waals surface area contributed by atoms with Crippen molar-refractivity contribution in [2.24, 2.45) is 35.5 Å². The molecule has 0 N–H and O–H groups in total. The van der Waals surface area contributed by atoms with Crippen LogP contribution in [-0.4, -0.2) is 38.7 Å². The van der Waals surface area contributed by atoms with E-state index in [4.69, 9.17) is 28.4 Å². The van der Waals surface area contributed by atoms with E-state index in [1.165, 1.54) is 14.2 Å². The zero-order valence-electron chi connectivity index (χ0n) is 27.6. The number of hydrogen-bond acceptors (Lipinski definition) is 8. The van der Waals surface area contributed by atoms with Gasteiger partial charge in [-0.2, -0.15) is 0 Å². The highest BCUT2D eigenvalue weighted by Crippen LogP contribution is 2.46. The molecule has 2 saturated carbocycles. The van der Waals surface area contributed by atoms with Crippen LogP contribution in [0.1, 0.15) is 80.1 Å². The van der Waals surface area contributed by atoms with E-state index in [1.54, 1.807) is 36.4 Å². The average Bonchev–Trinajstić information content (AvgIpc) is 2.97. The molecule has 2 aromatic rings. The topological polar surface area (TPSA) is 89.5 Å². The van der Waals surface area contributed by atoms with Gasteiger partial charge in [0.2, 0.25) is 0 Å². The second kappa shape index (κ2) is 15.0. The first-order valence-electron chi connectivity index (χ1n) is 16.1. The summed E-state index contributed by atoms with van der Waals surface area (Å²) >= 11 is 0. The van der Waals surface area contributed by atoms with Gasteiger partial charge in [0, 0.05) is 11.1 Å². The minimum absolute atomic E-state index is 0.164. The number of hydrogen-bond donors (Lipinski definition) is 0. The SMILES string of the molecule is COc1cccc(-c2cccc(OC)c2OC(=O)O[C@@H]2C[C@H](C)CC[C@H]2C(C)C)c1OC(=O)O[C@@H]1C[C@H](C)CC[C@H]1C(C)C. The minimum atomic E-state index is -0.795. The normalized spacial score (nSPS) is 25.3. The Morgan fingerprint density at radius 2 is 1.02 bits per heavy atom. The Labute approximate surface area is 262 Å². The van der Waals surface area contributed by atoms with Crippen LogP contribution in [-0.2, 0) is 9.47 Å². The van der Waals surface area contributed by atoms with Crippen molar-refractivity contribution in [1.82, 2.24) is 0 Å². The van der Waals surface area contributed by atoms with E-state index < -0.39 is 12.3 Å². The van der Waals surface area contributed by atoms with Gasteiger partial charge in [0.15, 0.2) is 23.0 Å². The smallest absolute Gasteiger partial charge is 0.493 e. The van der Waals surface area contributed by atoms with Gasteiger partial charge in [-0.1, -0.05) is 78.6 Å². The lowest BCUT2D eigenvalue weighted by Gasteiger charge is -2.36. The summed E-state index contributed by atoms with van der Waals surface area (Å²) in [5.41, 5.74) is 0.957. The highest BCUT2D eigenvalue weighted by atomic mass is 16.7. The van der Waals surface area contributed by atoms with Crippen LogP contribution in [0.15, 0.2) is 36.4 Å². The van der Waals surface area contributed by atoms with Crippen LogP contribution < -0.4 is 18.9 Å². The third-order valence-electron chi connectivity index (χ3n) is 9.48. The first kappa shape index (κ1) is 33.5. The second-order valence-corrected chi connectivity index (χ2v) is 13.3. The Balaban J connectivity index is 1.62. The molecule has 242 valence electrons. The lowest BCUT2D eigenvalue weighted by atomic mass is 9.75. The highest BCUT2D eigenvalue weighted by molar-refractivity contribution is 5.84. The molecule has 8 nitrogen and oxygen atoms in total. The van der Waals surface area contributed by atoms with Crippen LogP contribution in [0.2, 0.25) is 0 Å². The summed E-state index contributed by atoms with van der Waals surface area (Å²) in [6.45, 7) is 13.0. The maximum absolute atomic E-state index is 13.3. The largest absolute Gasteiger partial charge is 0.514 e. The third kappa shape index (κ3) is 7.99. The van der Waals surface area contributed by atoms with Gasteiger partial charge in [0.05, 0.1) is 14.2 Å². The van der Waals surface area contributed by atoms with E-state index in [2.05, 4.69) is 41.5 Å². The molecule has 0 spiro atoms. The van der Waals surface area contributed by atoms with Crippen LogP contribution in [0.3, 0.4) is 0 Å². The number of carbonyl (C=O) groups excluding carboxylic acids is 2. The van der Waals surface area contributed by atoms with Gasteiger partial charge < -0.3 is 28.4 Å². The molecule has 0 heterocycles. The summed E-state index contributed by atoms with van der Waals surface area (Å²) in [5.74, 6) is 3.23. The van der Waals surface area contributed by atoms with E-state index in [-0.39, 0.29) is 35.5 Å². The summed E-state index contributed by atoms with van der Waals surface area (Å²) < 4.78 is 34.9. The molecule has 2 fully saturated rings. The fourth-order valence-electron chi connectivity index (χ4n) is 6.95. The molecule has 0 bridgehead atoms. The number of rotatable bonds is 9. The zero-order valence-corrected chi connectivity index (χ0v) is 27.6. The van der Waals surface area contributed by atoms with Crippen LogP contribution in [0, 0.1) is 35.5 Å². The van der Waals surface area contributed by atoms with Gasteiger partial charge in [0.25, 0.3) is 0 Å². The number of ether oxygens (including phenoxy) is 6. The lowest BCUT2D eigenvalue weighted by molar-refractivity contribution is -0.0148. The van der Waals surface area contributed by atoms with Crippen LogP contribution in [0.5, 0.6) is 23.0 Å². The van der Waals surface area contributed by atoms with Gasteiger partial charge in [0.1, 0.15) is 12.2 Å². The molecule has 2 aliphatic carbocycles. The molecule has 2 aliphatic rings. The molecule has 0 saturated heterocycles. The van der Waals surface area contributed by atoms with Gasteiger partial charge >= 0.3 is 12.3 Å². The Hall–Kier alpha value is -3.42. The van der Waals surface area contributed by atoms with E-state index in [0.29, 0.717) is 46.3 Å². The second-order valence-electron chi connectivity index (χ2n) is 13.3. The molecule has 0 aromatic heterocycles. The predicted molar refractivity (Wildman–Crippen MR) is 169 cm³/mol. The summed E-state index contributed by atoms with van der Waals surface area (Å²) in [7, 11) is 3.01. The highest BCUT2D eigenvalue weighted by Gasteiger charge is 2.36. The van der Waals surface area contributed by atoms with E-state index >= 15 is 0 Å². The molecule has 6 atom stereocenters. The molecular formula is C36H50O8. The van der Waals surface area contributed by atoms with Crippen molar-refractivity contribution in [3.8, 4) is 34.1 Å². The number of benzene rings is 2. The van der Waals surface area contributed by atoms with Gasteiger partial charge in [-0.25, -0.2) is 9.59 Å². The van der Waals surface area contributed by atoms with Crippen molar-refractivity contribution < 1.29 is 38.0 Å². The maximum atomic E-state index is 13.3. The third-order valence-corrected chi connectivity index (χ3v) is 9.48. The number of para-hydroxylation sites is 2. The van der Waals surface area contributed by atoms with Crippen molar-refractivity contribution in [2.75, 3.05) is 14.2 Å². The Bertz CT molecular complexity index is 1170. The Morgan fingerprint density at radius 1 is 0.636 bits per heavy atom. The van der Waals surface area contributed by atoms with E-state index in [1.807, 2.05) is 0 Å². The quantitative estimate of drug-likeness (QED) is 0.205. The molecule has 2 aromatic carbocycles. The molecule has 8 heteroatoms. The van der Waals surface area contributed by atoms with Crippen LogP contribution in [0.4, 0.5) is 9.59 Å².